The molecule has 0 aliphatic carbocycles. The van der Waals surface area contributed by atoms with Gasteiger partial charge in [0.15, 0.2) is 0 Å². The maximum Gasteiger partial charge on any atom is 0.418 e. The number of aromatic nitrogens is 1. The van der Waals surface area contributed by atoms with Crippen molar-refractivity contribution in [2.75, 3.05) is 23.3 Å². The van der Waals surface area contributed by atoms with Crippen molar-refractivity contribution < 1.29 is 23.9 Å². The standard InChI is InChI=1S/C33H41N3O5/c1-22-13-15-24(35-17-9-8-10-18-35)21-26(22)29(37)34-27-20-23(14-16-25(27)30(38)40-32(2,3)4)28-12-11-19-36(28)31(39)41-33(5,6)7/h11-16,19-21H,8-10,17-18H2,1-7H3,(H,34,37). The molecule has 0 bridgehead atoms. The Labute approximate surface area is 242 Å². The zero-order chi connectivity index (χ0) is 29.9. The third-order valence-electron chi connectivity index (χ3n) is 6.71. The summed E-state index contributed by atoms with van der Waals surface area (Å²) in [7, 11) is 0. The highest BCUT2D eigenvalue weighted by atomic mass is 16.6. The quantitative estimate of drug-likeness (QED) is 0.327. The minimum absolute atomic E-state index is 0.220. The maximum absolute atomic E-state index is 13.7. The molecule has 1 saturated heterocycles. The van der Waals surface area contributed by atoms with Crippen LogP contribution in [0.4, 0.5) is 16.2 Å². The fraction of sp³-hybridized carbons (Fsp3) is 0.424. The van der Waals surface area contributed by atoms with Crippen LogP contribution in [0.2, 0.25) is 0 Å². The number of hydrogen-bond acceptors (Lipinski definition) is 6. The van der Waals surface area contributed by atoms with Crippen LogP contribution in [-0.4, -0.2) is 46.8 Å². The van der Waals surface area contributed by atoms with E-state index in [4.69, 9.17) is 9.47 Å². The Bertz CT molecular complexity index is 1440. The first-order valence-electron chi connectivity index (χ1n) is 14.2. The van der Waals surface area contributed by atoms with Crippen molar-refractivity contribution in [2.45, 2.75) is 78.9 Å². The van der Waals surface area contributed by atoms with Gasteiger partial charge in [-0.15, -0.1) is 0 Å². The van der Waals surface area contributed by atoms with E-state index in [0.29, 0.717) is 22.5 Å². The van der Waals surface area contributed by atoms with Crippen molar-refractivity contribution in [3.05, 3.63) is 71.4 Å². The molecule has 0 spiro atoms. The first-order chi connectivity index (χ1) is 19.2. The summed E-state index contributed by atoms with van der Waals surface area (Å²) in [6, 6.07) is 14.5. The SMILES string of the molecule is Cc1ccc(N2CCCCC2)cc1C(=O)Nc1cc(-c2cccn2C(=O)OC(C)(C)C)ccc1C(=O)OC(C)(C)C. The van der Waals surface area contributed by atoms with E-state index in [9.17, 15) is 14.4 Å². The summed E-state index contributed by atoms with van der Waals surface area (Å²) in [6.45, 7) is 14.6. The molecule has 1 aromatic heterocycles. The highest BCUT2D eigenvalue weighted by molar-refractivity contribution is 6.09. The molecule has 0 unspecified atom stereocenters. The van der Waals surface area contributed by atoms with Crippen LogP contribution in [0.5, 0.6) is 0 Å². The van der Waals surface area contributed by atoms with E-state index in [1.807, 2.05) is 19.1 Å². The van der Waals surface area contributed by atoms with Crippen molar-refractivity contribution >= 4 is 29.3 Å². The number of nitrogens with one attached hydrogen (secondary N) is 1. The molecule has 218 valence electrons. The van der Waals surface area contributed by atoms with E-state index in [0.717, 1.165) is 37.2 Å². The topological polar surface area (TPSA) is 89.9 Å². The lowest BCUT2D eigenvalue weighted by Gasteiger charge is -2.29. The largest absolute Gasteiger partial charge is 0.456 e. The zero-order valence-corrected chi connectivity index (χ0v) is 25.2. The molecule has 41 heavy (non-hydrogen) atoms. The maximum atomic E-state index is 13.7. The van der Waals surface area contributed by atoms with Crippen LogP contribution in [0.3, 0.4) is 0 Å². The third-order valence-corrected chi connectivity index (χ3v) is 6.71. The Balaban J connectivity index is 1.71. The molecule has 4 rings (SSSR count). The monoisotopic (exact) mass is 559 g/mol. The molecule has 0 atom stereocenters. The number of nitrogens with zero attached hydrogens (tertiary/aromatic N) is 2. The van der Waals surface area contributed by atoms with Crippen LogP contribution < -0.4 is 10.2 Å². The van der Waals surface area contributed by atoms with Crippen LogP contribution in [-0.2, 0) is 9.47 Å². The molecule has 8 heteroatoms. The number of ether oxygens (including phenoxy) is 2. The Morgan fingerprint density at radius 1 is 0.805 bits per heavy atom. The number of aryl methyl sites for hydroxylation is 1. The number of piperidine rings is 1. The van der Waals surface area contributed by atoms with Crippen molar-refractivity contribution in [1.82, 2.24) is 4.57 Å². The fourth-order valence-corrected chi connectivity index (χ4v) is 4.80. The summed E-state index contributed by atoms with van der Waals surface area (Å²) in [4.78, 5) is 42.1. The summed E-state index contributed by atoms with van der Waals surface area (Å²) >= 11 is 0. The van der Waals surface area contributed by atoms with E-state index >= 15 is 0 Å². The Morgan fingerprint density at radius 3 is 2.15 bits per heavy atom. The van der Waals surface area contributed by atoms with Crippen LogP contribution in [0.25, 0.3) is 11.3 Å². The molecular weight excluding hydrogens is 518 g/mol. The molecule has 8 nitrogen and oxygen atoms in total. The summed E-state index contributed by atoms with van der Waals surface area (Å²) in [5, 5.41) is 2.97. The van der Waals surface area contributed by atoms with Gasteiger partial charge in [0, 0.05) is 36.1 Å². The van der Waals surface area contributed by atoms with Crippen molar-refractivity contribution in [3.8, 4) is 11.3 Å². The number of esters is 1. The molecule has 2 aromatic carbocycles. The van der Waals surface area contributed by atoms with E-state index < -0.39 is 23.3 Å². The van der Waals surface area contributed by atoms with Gasteiger partial charge in [-0.3, -0.25) is 9.36 Å². The van der Waals surface area contributed by atoms with Gasteiger partial charge >= 0.3 is 12.1 Å². The number of benzene rings is 2. The lowest BCUT2D eigenvalue weighted by molar-refractivity contribution is 0.00704. The van der Waals surface area contributed by atoms with Gasteiger partial charge in [-0.2, -0.15) is 0 Å². The fourth-order valence-electron chi connectivity index (χ4n) is 4.80. The van der Waals surface area contributed by atoms with Gasteiger partial charge in [0.05, 0.1) is 16.9 Å². The summed E-state index contributed by atoms with van der Waals surface area (Å²) in [6.07, 6.45) is 4.58. The molecule has 1 amide bonds. The van der Waals surface area contributed by atoms with E-state index in [1.54, 1.807) is 78.1 Å². The first kappa shape index (κ1) is 29.9. The third kappa shape index (κ3) is 7.57. The lowest BCUT2D eigenvalue weighted by atomic mass is 10.0. The van der Waals surface area contributed by atoms with Gasteiger partial charge in [0.1, 0.15) is 11.2 Å². The van der Waals surface area contributed by atoms with Crippen molar-refractivity contribution in [2.24, 2.45) is 0 Å². The van der Waals surface area contributed by atoms with Gasteiger partial charge in [-0.25, -0.2) is 9.59 Å². The molecule has 1 aliphatic rings. The molecular formula is C33H41N3O5. The Morgan fingerprint density at radius 2 is 1.49 bits per heavy atom. The van der Waals surface area contributed by atoms with Crippen molar-refractivity contribution in [3.63, 3.8) is 0 Å². The van der Waals surface area contributed by atoms with Crippen LogP contribution in [0, 0.1) is 6.92 Å². The molecule has 0 saturated carbocycles. The van der Waals surface area contributed by atoms with E-state index in [-0.39, 0.29) is 11.5 Å². The minimum atomic E-state index is -0.720. The summed E-state index contributed by atoms with van der Waals surface area (Å²) < 4.78 is 12.6. The predicted molar refractivity (Wildman–Crippen MR) is 162 cm³/mol. The van der Waals surface area contributed by atoms with Gasteiger partial charge in [0.25, 0.3) is 5.91 Å². The number of amides is 1. The molecule has 0 radical (unpaired) electrons. The van der Waals surface area contributed by atoms with Crippen LogP contribution in [0.1, 0.15) is 87.1 Å². The normalized spacial score (nSPS) is 14.0. The van der Waals surface area contributed by atoms with Crippen molar-refractivity contribution in [1.29, 1.82) is 0 Å². The molecule has 1 fully saturated rings. The van der Waals surface area contributed by atoms with Gasteiger partial charge in [-0.1, -0.05) is 12.1 Å². The smallest absolute Gasteiger partial charge is 0.418 e. The second-order valence-corrected chi connectivity index (χ2v) is 12.5. The number of anilines is 2. The highest BCUT2D eigenvalue weighted by Crippen LogP contribution is 2.30. The minimum Gasteiger partial charge on any atom is -0.456 e. The second kappa shape index (κ2) is 11.8. The van der Waals surface area contributed by atoms with Gasteiger partial charge in [-0.05, 0) is 110 Å². The molecule has 2 heterocycles. The predicted octanol–water partition coefficient (Wildman–Crippen LogP) is 7.44. The summed E-state index contributed by atoms with van der Waals surface area (Å²) in [5.74, 6) is -0.883. The Kier molecular flexibility index (Phi) is 8.61. The molecule has 3 aromatic rings. The summed E-state index contributed by atoms with van der Waals surface area (Å²) in [5.41, 5.74) is 2.69. The molecule has 1 aliphatic heterocycles. The zero-order valence-electron chi connectivity index (χ0n) is 25.2. The number of carbonyl (C=O) groups is 3. The van der Waals surface area contributed by atoms with Crippen LogP contribution in [0.15, 0.2) is 54.7 Å². The van der Waals surface area contributed by atoms with E-state index in [1.165, 1.54) is 11.0 Å². The highest BCUT2D eigenvalue weighted by Gasteiger charge is 2.25. The lowest BCUT2D eigenvalue weighted by Crippen LogP contribution is -2.29. The Hall–Kier alpha value is -4.07. The van der Waals surface area contributed by atoms with E-state index in [2.05, 4.69) is 16.3 Å². The number of rotatable bonds is 5. The average Bonchev–Trinajstić information content (AvgIpc) is 3.38. The number of hydrogen-bond donors (Lipinski definition) is 1. The first-order valence-corrected chi connectivity index (χ1v) is 14.2. The van der Waals surface area contributed by atoms with Gasteiger partial charge in [0.2, 0.25) is 0 Å². The average molecular weight is 560 g/mol. The molecule has 1 N–H and O–H groups in total. The number of carbonyl (C=O) groups excluding carboxylic acids is 3. The van der Waals surface area contributed by atoms with Gasteiger partial charge < -0.3 is 19.7 Å². The second-order valence-electron chi connectivity index (χ2n) is 12.5. The van der Waals surface area contributed by atoms with Crippen LogP contribution >= 0.6 is 0 Å².